The lowest BCUT2D eigenvalue weighted by atomic mass is 10.2. The second-order valence-corrected chi connectivity index (χ2v) is 4.51. The summed E-state index contributed by atoms with van der Waals surface area (Å²) in [5, 5.41) is 3.21. The zero-order valence-electron chi connectivity index (χ0n) is 10.3. The lowest BCUT2D eigenvalue weighted by Crippen LogP contribution is -2.36. The van der Waals surface area contributed by atoms with Crippen molar-refractivity contribution >= 4 is 17.3 Å². The van der Waals surface area contributed by atoms with Gasteiger partial charge in [-0.25, -0.2) is 9.97 Å². The Morgan fingerprint density at radius 1 is 1.56 bits per heavy atom. The van der Waals surface area contributed by atoms with Crippen LogP contribution < -0.4 is 16.0 Å². The molecule has 0 saturated carbocycles. The fraction of sp³-hybridized carbons (Fsp3) is 0.636. The van der Waals surface area contributed by atoms with Crippen molar-refractivity contribution in [3.05, 3.63) is 6.33 Å². The zero-order valence-corrected chi connectivity index (χ0v) is 10.3. The second-order valence-electron chi connectivity index (χ2n) is 4.51. The number of nitrogens with zero attached hydrogens (tertiary/aromatic N) is 3. The van der Waals surface area contributed by atoms with Crippen molar-refractivity contribution in [2.75, 3.05) is 36.3 Å². The van der Waals surface area contributed by atoms with Crippen LogP contribution in [0.25, 0.3) is 0 Å². The predicted octanol–water partition coefficient (Wildman–Crippen LogP) is 0.400. The van der Waals surface area contributed by atoms with Gasteiger partial charge in [-0.15, -0.1) is 0 Å². The molecule has 0 radical (unpaired) electrons. The van der Waals surface area contributed by atoms with Crippen LogP contribution in [0.1, 0.15) is 12.8 Å². The van der Waals surface area contributed by atoms with Crippen LogP contribution in [0.2, 0.25) is 0 Å². The highest BCUT2D eigenvalue weighted by Gasteiger charge is 2.35. The summed E-state index contributed by atoms with van der Waals surface area (Å²) in [6.07, 6.45) is 3.66. The molecule has 1 aromatic rings. The van der Waals surface area contributed by atoms with Gasteiger partial charge in [0.05, 0.1) is 19.4 Å². The minimum atomic E-state index is 0.0354. The van der Waals surface area contributed by atoms with E-state index in [-0.39, 0.29) is 12.3 Å². The first kappa shape index (κ1) is 11.5. The van der Waals surface area contributed by atoms with E-state index in [0.717, 1.165) is 24.3 Å². The molecular formula is C11H17N5O2. The van der Waals surface area contributed by atoms with E-state index in [2.05, 4.69) is 20.2 Å². The van der Waals surface area contributed by atoms with Gasteiger partial charge >= 0.3 is 0 Å². The normalized spacial score (nSPS) is 26.2. The number of hydrogen-bond donors (Lipinski definition) is 2. The number of aromatic nitrogens is 2. The standard InChI is InChI=1S/C11H17N5O2/c1-17-4-7-2-3-8(18-7)16-6-15-9-10(12)13-5-14-11(9)16/h5,7-8,15H,2-4,6H2,1H3,(H2,12,13,14). The Bertz CT molecular complexity index is 441. The second kappa shape index (κ2) is 4.58. The Balaban J connectivity index is 1.75. The van der Waals surface area contributed by atoms with Crippen molar-refractivity contribution in [1.29, 1.82) is 0 Å². The van der Waals surface area contributed by atoms with Gasteiger partial charge in [-0.1, -0.05) is 0 Å². The van der Waals surface area contributed by atoms with Crippen molar-refractivity contribution in [3.8, 4) is 0 Å². The highest BCUT2D eigenvalue weighted by molar-refractivity contribution is 5.79. The molecule has 3 rings (SSSR count). The smallest absolute Gasteiger partial charge is 0.161 e. The van der Waals surface area contributed by atoms with E-state index in [1.54, 1.807) is 7.11 Å². The Labute approximate surface area is 105 Å². The maximum Gasteiger partial charge on any atom is 0.161 e. The molecule has 18 heavy (non-hydrogen) atoms. The quantitative estimate of drug-likeness (QED) is 0.804. The van der Waals surface area contributed by atoms with Gasteiger partial charge < -0.3 is 25.4 Å². The molecule has 0 bridgehead atoms. The highest BCUT2D eigenvalue weighted by atomic mass is 16.5. The minimum Gasteiger partial charge on any atom is -0.382 e. The highest BCUT2D eigenvalue weighted by Crippen LogP contribution is 2.36. The van der Waals surface area contributed by atoms with E-state index < -0.39 is 0 Å². The lowest BCUT2D eigenvalue weighted by molar-refractivity contribution is -0.00156. The number of anilines is 3. The summed E-state index contributed by atoms with van der Waals surface area (Å²) in [7, 11) is 1.69. The van der Waals surface area contributed by atoms with Crippen LogP contribution in [0.3, 0.4) is 0 Å². The molecule has 1 aromatic heterocycles. The average Bonchev–Trinajstić information content (AvgIpc) is 2.96. The summed E-state index contributed by atoms with van der Waals surface area (Å²) >= 11 is 0. The zero-order chi connectivity index (χ0) is 12.5. The van der Waals surface area contributed by atoms with Crippen LogP contribution >= 0.6 is 0 Å². The van der Waals surface area contributed by atoms with E-state index in [9.17, 15) is 0 Å². The topological polar surface area (TPSA) is 85.5 Å². The lowest BCUT2D eigenvalue weighted by Gasteiger charge is -2.24. The summed E-state index contributed by atoms with van der Waals surface area (Å²) in [4.78, 5) is 10.3. The van der Waals surface area contributed by atoms with Gasteiger partial charge in [0.15, 0.2) is 11.6 Å². The molecule has 3 heterocycles. The maximum absolute atomic E-state index is 5.94. The first-order valence-corrected chi connectivity index (χ1v) is 6.05. The van der Waals surface area contributed by atoms with Crippen LogP contribution in [-0.4, -0.2) is 42.7 Å². The van der Waals surface area contributed by atoms with Crippen molar-refractivity contribution < 1.29 is 9.47 Å². The predicted molar refractivity (Wildman–Crippen MR) is 67.2 cm³/mol. The third-order valence-electron chi connectivity index (χ3n) is 3.34. The van der Waals surface area contributed by atoms with Crippen LogP contribution in [0.5, 0.6) is 0 Å². The average molecular weight is 251 g/mol. The largest absolute Gasteiger partial charge is 0.382 e. The van der Waals surface area contributed by atoms with Gasteiger partial charge in [-0.3, -0.25) is 0 Å². The first-order valence-electron chi connectivity index (χ1n) is 6.05. The fourth-order valence-corrected chi connectivity index (χ4v) is 2.48. The fourth-order valence-electron chi connectivity index (χ4n) is 2.48. The molecule has 0 aliphatic carbocycles. The molecule has 7 nitrogen and oxygen atoms in total. The summed E-state index contributed by atoms with van der Waals surface area (Å²) in [6, 6.07) is 0. The molecule has 98 valence electrons. The van der Waals surface area contributed by atoms with E-state index >= 15 is 0 Å². The Kier molecular flexibility index (Phi) is 2.92. The number of rotatable bonds is 3. The Morgan fingerprint density at radius 2 is 2.44 bits per heavy atom. The van der Waals surface area contributed by atoms with Crippen LogP contribution in [-0.2, 0) is 9.47 Å². The van der Waals surface area contributed by atoms with Crippen LogP contribution in [0, 0.1) is 0 Å². The molecule has 0 amide bonds. The summed E-state index contributed by atoms with van der Waals surface area (Å²) in [5.74, 6) is 1.31. The Hall–Kier alpha value is -1.60. The summed E-state index contributed by atoms with van der Waals surface area (Å²) in [6.45, 7) is 1.29. The van der Waals surface area contributed by atoms with Gasteiger partial charge in [-0.2, -0.15) is 0 Å². The molecule has 1 saturated heterocycles. The molecule has 2 aliphatic heterocycles. The van der Waals surface area contributed by atoms with Gasteiger partial charge in [-0.05, 0) is 12.8 Å². The molecule has 0 aromatic carbocycles. The van der Waals surface area contributed by atoms with E-state index in [4.69, 9.17) is 15.2 Å². The third-order valence-corrected chi connectivity index (χ3v) is 3.34. The molecule has 2 atom stereocenters. The SMILES string of the molecule is COCC1CCC(N2CNc3c(N)ncnc32)O1. The number of nitrogens with two attached hydrogens (primary N) is 1. The number of fused-ring (bicyclic) bond motifs is 1. The summed E-state index contributed by atoms with van der Waals surface area (Å²) < 4.78 is 11.1. The molecular weight excluding hydrogens is 234 g/mol. The first-order chi connectivity index (χ1) is 8.79. The van der Waals surface area contributed by atoms with Crippen molar-refractivity contribution in [3.63, 3.8) is 0 Å². The monoisotopic (exact) mass is 251 g/mol. The van der Waals surface area contributed by atoms with Crippen LogP contribution in [0.4, 0.5) is 17.3 Å². The number of methoxy groups -OCH3 is 1. The number of nitrogens with one attached hydrogen (secondary N) is 1. The van der Waals surface area contributed by atoms with E-state index in [0.29, 0.717) is 19.1 Å². The molecule has 2 unspecified atom stereocenters. The van der Waals surface area contributed by atoms with Crippen molar-refractivity contribution in [2.45, 2.75) is 25.2 Å². The van der Waals surface area contributed by atoms with Gasteiger partial charge in [0.25, 0.3) is 0 Å². The van der Waals surface area contributed by atoms with Crippen molar-refractivity contribution in [2.24, 2.45) is 0 Å². The number of hydrogen-bond acceptors (Lipinski definition) is 7. The minimum absolute atomic E-state index is 0.0354. The molecule has 3 N–H and O–H groups in total. The number of nitrogen functional groups attached to an aromatic ring is 1. The maximum atomic E-state index is 5.94. The van der Waals surface area contributed by atoms with E-state index in [1.165, 1.54) is 6.33 Å². The third kappa shape index (κ3) is 1.85. The van der Waals surface area contributed by atoms with Gasteiger partial charge in [0.1, 0.15) is 18.2 Å². The number of ether oxygens (including phenoxy) is 2. The summed E-state index contributed by atoms with van der Waals surface area (Å²) in [5.41, 5.74) is 6.61. The van der Waals surface area contributed by atoms with E-state index in [1.807, 2.05) is 0 Å². The van der Waals surface area contributed by atoms with Gasteiger partial charge in [0, 0.05) is 7.11 Å². The molecule has 7 heteroatoms. The Morgan fingerprint density at radius 3 is 3.28 bits per heavy atom. The molecule has 2 aliphatic rings. The van der Waals surface area contributed by atoms with Gasteiger partial charge in [0.2, 0.25) is 0 Å². The van der Waals surface area contributed by atoms with Crippen LogP contribution in [0.15, 0.2) is 6.33 Å². The van der Waals surface area contributed by atoms with Crippen molar-refractivity contribution in [1.82, 2.24) is 9.97 Å². The molecule has 0 spiro atoms. The molecule has 1 fully saturated rings.